The first kappa shape index (κ1) is 9.87. The van der Waals surface area contributed by atoms with Crippen molar-refractivity contribution in [3.8, 4) is 17.6 Å². The molecule has 0 fully saturated rings. The van der Waals surface area contributed by atoms with Crippen LogP contribution < -0.4 is 9.47 Å². The maximum Gasteiger partial charge on any atom is 0.141 e. The first-order valence-corrected chi connectivity index (χ1v) is 4.34. The van der Waals surface area contributed by atoms with Crippen molar-refractivity contribution < 1.29 is 9.47 Å². The zero-order valence-electron chi connectivity index (χ0n) is 7.30. The normalized spacial score (nSPS) is 9.08. The van der Waals surface area contributed by atoms with Crippen LogP contribution in [0.4, 0.5) is 0 Å². The van der Waals surface area contributed by atoms with Gasteiger partial charge in [0.05, 0.1) is 14.2 Å². The number of hydrogen-bond donors (Lipinski definition) is 0. The van der Waals surface area contributed by atoms with Gasteiger partial charge in [-0.15, -0.1) is 0 Å². The molecule has 0 heterocycles. The smallest absolute Gasteiger partial charge is 0.141 e. The monoisotopic (exact) mass is 241 g/mol. The largest absolute Gasteiger partial charge is 0.497 e. The third-order valence-corrected chi connectivity index (χ3v) is 2.22. The highest BCUT2D eigenvalue weighted by atomic mass is 79.9. The van der Waals surface area contributed by atoms with Crippen LogP contribution >= 0.6 is 15.9 Å². The van der Waals surface area contributed by atoms with E-state index in [0.29, 0.717) is 21.5 Å². The minimum atomic E-state index is 0.475. The lowest BCUT2D eigenvalue weighted by atomic mass is 10.2. The van der Waals surface area contributed by atoms with Gasteiger partial charge < -0.3 is 9.47 Å². The molecule has 3 nitrogen and oxygen atoms in total. The molecule has 1 rings (SSSR count). The summed E-state index contributed by atoms with van der Waals surface area (Å²) in [6.45, 7) is 0. The summed E-state index contributed by atoms with van der Waals surface area (Å²) in [5, 5.41) is 8.79. The highest BCUT2D eigenvalue weighted by Crippen LogP contribution is 2.31. The van der Waals surface area contributed by atoms with E-state index in [1.165, 1.54) is 7.11 Å². The van der Waals surface area contributed by atoms with Gasteiger partial charge in [-0.05, 0) is 22.0 Å². The van der Waals surface area contributed by atoms with Crippen LogP contribution in [0.1, 0.15) is 5.56 Å². The molecule has 1 aromatic carbocycles. The van der Waals surface area contributed by atoms with Gasteiger partial charge in [0.15, 0.2) is 0 Å². The van der Waals surface area contributed by atoms with Crippen LogP contribution in [-0.2, 0) is 0 Å². The van der Waals surface area contributed by atoms with Crippen molar-refractivity contribution >= 4 is 15.9 Å². The van der Waals surface area contributed by atoms with Crippen LogP contribution in [0, 0.1) is 11.3 Å². The molecule has 0 aliphatic heterocycles. The number of hydrogen-bond acceptors (Lipinski definition) is 3. The zero-order valence-corrected chi connectivity index (χ0v) is 8.88. The lowest BCUT2D eigenvalue weighted by Gasteiger charge is -2.07. The summed E-state index contributed by atoms with van der Waals surface area (Å²) in [6, 6.07) is 5.43. The van der Waals surface area contributed by atoms with Crippen molar-refractivity contribution in [1.82, 2.24) is 0 Å². The van der Waals surface area contributed by atoms with Crippen molar-refractivity contribution in [1.29, 1.82) is 5.26 Å². The zero-order chi connectivity index (χ0) is 9.84. The Morgan fingerprint density at radius 3 is 2.46 bits per heavy atom. The predicted octanol–water partition coefficient (Wildman–Crippen LogP) is 2.34. The lowest BCUT2D eigenvalue weighted by molar-refractivity contribution is 0.393. The molecule has 0 radical (unpaired) electrons. The van der Waals surface area contributed by atoms with E-state index in [2.05, 4.69) is 15.9 Å². The molecular formula is C9H8BrNO2. The van der Waals surface area contributed by atoms with Crippen molar-refractivity contribution in [3.05, 3.63) is 22.2 Å². The van der Waals surface area contributed by atoms with Gasteiger partial charge >= 0.3 is 0 Å². The van der Waals surface area contributed by atoms with E-state index in [4.69, 9.17) is 14.7 Å². The van der Waals surface area contributed by atoms with Crippen LogP contribution in [0.3, 0.4) is 0 Å². The molecule has 0 aliphatic carbocycles. The number of nitrogens with zero attached hydrogens (tertiary/aromatic N) is 1. The van der Waals surface area contributed by atoms with Crippen LogP contribution in [0.2, 0.25) is 0 Å². The summed E-state index contributed by atoms with van der Waals surface area (Å²) in [7, 11) is 3.08. The van der Waals surface area contributed by atoms with E-state index in [-0.39, 0.29) is 0 Å². The third-order valence-electron chi connectivity index (χ3n) is 1.59. The molecular weight excluding hydrogens is 234 g/mol. The van der Waals surface area contributed by atoms with Gasteiger partial charge in [0, 0.05) is 10.5 Å². The number of halogens is 1. The SMILES string of the molecule is COc1cc(Br)c(C#N)c(OC)c1. The van der Waals surface area contributed by atoms with E-state index in [0.717, 1.165) is 0 Å². The fraction of sp³-hybridized carbons (Fsp3) is 0.222. The van der Waals surface area contributed by atoms with E-state index in [1.54, 1.807) is 19.2 Å². The minimum absolute atomic E-state index is 0.475. The molecule has 0 saturated heterocycles. The first-order chi connectivity index (χ1) is 6.22. The third kappa shape index (κ3) is 1.93. The second-order valence-electron chi connectivity index (χ2n) is 2.30. The van der Waals surface area contributed by atoms with Crippen LogP contribution in [0.25, 0.3) is 0 Å². The molecule has 0 saturated carbocycles. The van der Waals surface area contributed by atoms with Gasteiger partial charge in [0.25, 0.3) is 0 Å². The van der Waals surface area contributed by atoms with Crippen molar-refractivity contribution in [2.45, 2.75) is 0 Å². The number of rotatable bonds is 2. The Labute approximate surface area is 85.0 Å². The Bertz CT molecular complexity index is 357. The Hall–Kier alpha value is -1.21. The van der Waals surface area contributed by atoms with Crippen LogP contribution in [0.15, 0.2) is 16.6 Å². The lowest BCUT2D eigenvalue weighted by Crippen LogP contribution is -1.91. The molecule has 13 heavy (non-hydrogen) atoms. The fourth-order valence-electron chi connectivity index (χ4n) is 0.945. The number of nitriles is 1. The molecule has 0 spiro atoms. The molecule has 0 aliphatic rings. The van der Waals surface area contributed by atoms with Crippen molar-refractivity contribution in [2.24, 2.45) is 0 Å². The molecule has 0 unspecified atom stereocenters. The summed E-state index contributed by atoms with van der Waals surface area (Å²) < 4.78 is 10.7. The quantitative estimate of drug-likeness (QED) is 0.799. The topological polar surface area (TPSA) is 42.2 Å². The summed E-state index contributed by atoms with van der Waals surface area (Å²) in [4.78, 5) is 0. The van der Waals surface area contributed by atoms with E-state index < -0.39 is 0 Å². The van der Waals surface area contributed by atoms with Gasteiger partial charge in [-0.25, -0.2) is 0 Å². The van der Waals surface area contributed by atoms with Crippen molar-refractivity contribution in [2.75, 3.05) is 14.2 Å². The average molecular weight is 242 g/mol. The van der Waals surface area contributed by atoms with E-state index in [1.807, 2.05) is 6.07 Å². The standard InChI is InChI=1S/C9H8BrNO2/c1-12-6-3-8(10)7(5-11)9(4-6)13-2/h3-4H,1-2H3. The summed E-state index contributed by atoms with van der Waals surface area (Å²) >= 11 is 3.26. The molecule has 4 heteroatoms. The Balaban J connectivity index is 3.31. The maximum atomic E-state index is 8.79. The second-order valence-corrected chi connectivity index (χ2v) is 3.15. The van der Waals surface area contributed by atoms with Crippen molar-refractivity contribution in [3.63, 3.8) is 0 Å². The van der Waals surface area contributed by atoms with E-state index >= 15 is 0 Å². The summed E-state index contributed by atoms with van der Waals surface area (Å²) in [5.74, 6) is 1.16. The highest BCUT2D eigenvalue weighted by molar-refractivity contribution is 9.10. The average Bonchev–Trinajstić information content (AvgIpc) is 2.16. The Morgan fingerprint density at radius 1 is 1.31 bits per heavy atom. The molecule has 68 valence electrons. The Morgan fingerprint density at radius 2 is 2.00 bits per heavy atom. The van der Waals surface area contributed by atoms with Crippen LogP contribution in [0.5, 0.6) is 11.5 Å². The van der Waals surface area contributed by atoms with Gasteiger partial charge in [-0.1, -0.05) is 0 Å². The molecule has 0 bridgehead atoms. The van der Waals surface area contributed by atoms with E-state index in [9.17, 15) is 0 Å². The highest BCUT2D eigenvalue weighted by Gasteiger charge is 2.09. The molecule has 0 N–H and O–H groups in total. The van der Waals surface area contributed by atoms with Gasteiger partial charge in [0.1, 0.15) is 23.1 Å². The molecule has 0 aromatic heterocycles. The second kappa shape index (κ2) is 4.15. The molecule has 1 aromatic rings. The summed E-state index contributed by atoms with van der Waals surface area (Å²) in [5.41, 5.74) is 0.475. The molecule has 0 amide bonds. The number of ether oxygens (including phenoxy) is 2. The number of methoxy groups -OCH3 is 2. The van der Waals surface area contributed by atoms with Gasteiger partial charge in [-0.3, -0.25) is 0 Å². The summed E-state index contributed by atoms with van der Waals surface area (Å²) in [6.07, 6.45) is 0. The first-order valence-electron chi connectivity index (χ1n) is 3.54. The van der Waals surface area contributed by atoms with Crippen LogP contribution in [-0.4, -0.2) is 14.2 Å². The fourth-order valence-corrected chi connectivity index (χ4v) is 1.45. The predicted molar refractivity (Wildman–Crippen MR) is 52.0 cm³/mol. The molecule has 0 atom stereocenters. The maximum absolute atomic E-state index is 8.79. The van der Waals surface area contributed by atoms with Gasteiger partial charge in [-0.2, -0.15) is 5.26 Å². The Kier molecular flexibility index (Phi) is 3.15. The van der Waals surface area contributed by atoms with Gasteiger partial charge in [0.2, 0.25) is 0 Å². The number of benzene rings is 1. The minimum Gasteiger partial charge on any atom is -0.497 e.